The molecule has 0 amide bonds. The molecule has 10 heteroatoms. The van der Waals surface area contributed by atoms with Crippen LogP contribution >= 0.6 is 24.0 Å². The van der Waals surface area contributed by atoms with Gasteiger partial charge in [0.25, 0.3) is 0 Å². The molecule has 2 rings (SSSR count). The van der Waals surface area contributed by atoms with Crippen LogP contribution < -0.4 is 10.6 Å². The Bertz CT molecular complexity index is 624. The lowest BCUT2D eigenvalue weighted by Crippen LogP contribution is -2.45. The molecule has 0 aliphatic carbocycles. The Kier molecular flexibility index (Phi) is 9.71. The van der Waals surface area contributed by atoms with Gasteiger partial charge in [0, 0.05) is 32.2 Å². The minimum absolute atomic E-state index is 0. The molecular formula is C17H24F5IN4. The molecule has 1 aliphatic rings. The summed E-state index contributed by atoms with van der Waals surface area (Å²) in [6.07, 6.45) is -3.40. The van der Waals surface area contributed by atoms with Gasteiger partial charge in [-0.3, -0.25) is 9.89 Å². The third-order valence-electron chi connectivity index (χ3n) is 4.02. The molecule has 1 aromatic rings. The van der Waals surface area contributed by atoms with Gasteiger partial charge in [0.15, 0.2) is 5.96 Å². The Morgan fingerprint density at radius 2 is 2.04 bits per heavy atom. The predicted molar refractivity (Wildman–Crippen MR) is 105 cm³/mol. The Balaban J connectivity index is 0.00000364. The van der Waals surface area contributed by atoms with Crippen LogP contribution in [-0.4, -0.2) is 55.8 Å². The Morgan fingerprint density at radius 1 is 1.30 bits per heavy atom. The number of halogens is 6. The van der Waals surface area contributed by atoms with Crippen LogP contribution in [0, 0.1) is 11.6 Å². The molecule has 0 bridgehead atoms. The van der Waals surface area contributed by atoms with Crippen molar-refractivity contribution >= 4 is 29.9 Å². The van der Waals surface area contributed by atoms with Crippen molar-refractivity contribution in [2.45, 2.75) is 32.0 Å². The van der Waals surface area contributed by atoms with Gasteiger partial charge in [-0.2, -0.15) is 13.2 Å². The first-order chi connectivity index (χ1) is 12.3. The lowest BCUT2D eigenvalue weighted by molar-refractivity contribution is -0.143. The minimum atomic E-state index is -4.21. The fourth-order valence-corrected chi connectivity index (χ4v) is 2.88. The van der Waals surface area contributed by atoms with Crippen molar-refractivity contribution in [3.05, 3.63) is 35.4 Å². The SMILES string of the molecule is CCNC(=NCCc1cc(F)ccc1F)NC1CCN(CC(F)(F)F)C1.I. The van der Waals surface area contributed by atoms with Gasteiger partial charge >= 0.3 is 6.18 Å². The van der Waals surface area contributed by atoms with Gasteiger partial charge in [-0.15, -0.1) is 24.0 Å². The molecule has 27 heavy (non-hydrogen) atoms. The number of benzene rings is 1. The minimum Gasteiger partial charge on any atom is -0.357 e. The summed E-state index contributed by atoms with van der Waals surface area (Å²) < 4.78 is 64.1. The molecule has 1 heterocycles. The van der Waals surface area contributed by atoms with E-state index < -0.39 is 24.4 Å². The predicted octanol–water partition coefficient (Wildman–Crippen LogP) is 3.32. The third kappa shape index (κ3) is 8.58. The maximum atomic E-state index is 13.6. The quantitative estimate of drug-likeness (QED) is 0.269. The summed E-state index contributed by atoms with van der Waals surface area (Å²) in [5, 5.41) is 6.12. The van der Waals surface area contributed by atoms with Crippen LogP contribution in [0.4, 0.5) is 22.0 Å². The topological polar surface area (TPSA) is 39.7 Å². The molecule has 1 aromatic carbocycles. The summed E-state index contributed by atoms with van der Waals surface area (Å²) >= 11 is 0. The van der Waals surface area contributed by atoms with E-state index in [4.69, 9.17) is 0 Å². The van der Waals surface area contributed by atoms with E-state index in [0.717, 1.165) is 18.2 Å². The van der Waals surface area contributed by atoms with Crippen LogP contribution in [0.3, 0.4) is 0 Å². The normalized spacial score (nSPS) is 18.3. The third-order valence-corrected chi connectivity index (χ3v) is 4.02. The lowest BCUT2D eigenvalue weighted by Gasteiger charge is -2.19. The van der Waals surface area contributed by atoms with Crippen LogP contribution in [0.2, 0.25) is 0 Å². The Labute approximate surface area is 172 Å². The van der Waals surface area contributed by atoms with Crippen LogP contribution in [0.15, 0.2) is 23.2 Å². The molecule has 1 fully saturated rings. The zero-order valence-corrected chi connectivity index (χ0v) is 17.3. The lowest BCUT2D eigenvalue weighted by atomic mass is 10.1. The zero-order valence-electron chi connectivity index (χ0n) is 15.0. The smallest absolute Gasteiger partial charge is 0.357 e. The molecule has 1 saturated heterocycles. The van der Waals surface area contributed by atoms with E-state index in [1.54, 1.807) is 0 Å². The van der Waals surface area contributed by atoms with Gasteiger partial charge in [0.1, 0.15) is 11.6 Å². The van der Waals surface area contributed by atoms with Crippen molar-refractivity contribution in [3.8, 4) is 0 Å². The highest BCUT2D eigenvalue weighted by Gasteiger charge is 2.34. The highest BCUT2D eigenvalue weighted by atomic mass is 127. The van der Waals surface area contributed by atoms with E-state index in [9.17, 15) is 22.0 Å². The first kappa shape index (κ1) is 23.9. The Morgan fingerprint density at radius 3 is 2.70 bits per heavy atom. The summed E-state index contributed by atoms with van der Waals surface area (Å²) in [6.45, 7) is 2.41. The first-order valence-corrected chi connectivity index (χ1v) is 8.54. The maximum Gasteiger partial charge on any atom is 0.401 e. The van der Waals surface area contributed by atoms with Crippen LogP contribution in [0.25, 0.3) is 0 Å². The van der Waals surface area contributed by atoms with E-state index in [-0.39, 0.29) is 55.1 Å². The van der Waals surface area contributed by atoms with E-state index in [0.29, 0.717) is 25.5 Å². The number of aliphatic imine (C=N–C) groups is 1. The second-order valence-corrected chi connectivity index (χ2v) is 6.23. The number of rotatable bonds is 6. The van der Waals surface area contributed by atoms with E-state index in [2.05, 4.69) is 15.6 Å². The number of guanidine groups is 1. The van der Waals surface area contributed by atoms with Crippen LogP contribution in [0.5, 0.6) is 0 Å². The summed E-state index contributed by atoms with van der Waals surface area (Å²) in [5.74, 6) is -0.535. The second-order valence-electron chi connectivity index (χ2n) is 6.23. The van der Waals surface area contributed by atoms with Crippen molar-refractivity contribution in [3.63, 3.8) is 0 Å². The largest absolute Gasteiger partial charge is 0.401 e. The first-order valence-electron chi connectivity index (χ1n) is 8.54. The Hall–Kier alpha value is -1.17. The van der Waals surface area contributed by atoms with Crippen molar-refractivity contribution < 1.29 is 22.0 Å². The van der Waals surface area contributed by atoms with Crippen molar-refractivity contribution in [2.24, 2.45) is 4.99 Å². The average molecular weight is 506 g/mol. The molecule has 0 saturated carbocycles. The number of nitrogens with one attached hydrogen (secondary N) is 2. The molecule has 4 nitrogen and oxygen atoms in total. The highest BCUT2D eigenvalue weighted by Crippen LogP contribution is 2.20. The summed E-state index contributed by atoms with van der Waals surface area (Å²) in [7, 11) is 0. The summed E-state index contributed by atoms with van der Waals surface area (Å²) in [6, 6.07) is 3.13. The number of nitrogens with zero attached hydrogens (tertiary/aromatic N) is 2. The monoisotopic (exact) mass is 506 g/mol. The van der Waals surface area contributed by atoms with Gasteiger partial charge in [-0.1, -0.05) is 0 Å². The molecule has 154 valence electrons. The fraction of sp³-hybridized carbons (Fsp3) is 0.588. The highest BCUT2D eigenvalue weighted by molar-refractivity contribution is 14.0. The molecule has 1 atom stereocenters. The molecule has 0 aromatic heterocycles. The van der Waals surface area contributed by atoms with Gasteiger partial charge in [-0.25, -0.2) is 8.78 Å². The molecule has 2 N–H and O–H groups in total. The molecular weight excluding hydrogens is 482 g/mol. The molecule has 1 unspecified atom stereocenters. The van der Waals surface area contributed by atoms with Crippen molar-refractivity contribution in [1.82, 2.24) is 15.5 Å². The van der Waals surface area contributed by atoms with Gasteiger partial charge in [0.2, 0.25) is 0 Å². The number of likely N-dealkylation sites (tertiary alicyclic amines) is 1. The summed E-state index contributed by atoms with van der Waals surface area (Å²) in [4.78, 5) is 5.66. The standard InChI is InChI=1S/C17H23F5N4.HI/c1-2-23-16(24-7-5-12-9-13(18)3-4-15(12)19)25-14-6-8-26(10-14)11-17(20,21)22;/h3-4,9,14H,2,5-8,10-11H2,1H3,(H2,23,24,25);1H. The summed E-state index contributed by atoms with van der Waals surface area (Å²) in [5.41, 5.74) is 0.238. The average Bonchev–Trinajstić information content (AvgIpc) is 2.95. The molecule has 1 aliphatic heterocycles. The zero-order chi connectivity index (χ0) is 19.2. The van der Waals surface area contributed by atoms with Gasteiger partial charge in [-0.05, 0) is 43.5 Å². The van der Waals surface area contributed by atoms with E-state index >= 15 is 0 Å². The van der Waals surface area contributed by atoms with Crippen molar-refractivity contribution in [2.75, 3.05) is 32.7 Å². The molecule has 0 spiro atoms. The number of hydrogen-bond acceptors (Lipinski definition) is 2. The maximum absolute atomic E-state index is 13.6. The molecule has 0 radical (unpaired) electrons. The number of alkyl halides is 3. The fourth-order valence-electron chi connectivity index (χ4n) is 2.88. The van der Waals surface area contributed by atoms with E-state index in [1.807, 2.05) is 6.92 Å². The van der Waals surface area contributed by atoms with Gasteiger partial charge in [0.05, 0.1) is 6.54 Å². The van der Waals surface area contributed by atoms with Crippen LogP contribution in [-0.2, 0) is 6.42 Å². The second kappa shape index (κ2) is 11.0. The van der Waals surface area contributed by atoms with E-state index in [1.165, 1.54) is 4.90 Å². The van der Waals surface area contributed by atoms with Crippen molar-refractivity contribution in [1.29, 1.82) is 0 Å². The number of hydrogen-bond donors (Lipinski definition) is 2. The van der Waals surface area contributed by atoms with Crippen LogP contribution in [0.1, 0.15) is 18.9 Å². The van der Waals surface area contributed by atoms with Gasteiger partial charge < -0.3 is 10.6 Å².